The molecule has 3 atom stereocenters. The summed E-state index contributed by atoms with van der Waals surface area (Å²) in [6.07, 6.45) is -3.99. The van der Waals surface area contributed by atoms with Gasteiger partial charge >= 0.3 is 12.1 Å². The van der Waals surface area contributed by atoms with Gasteiger partial charge < -0.3 is 14.6 Å². The molecule has 0 aromatic rings. The SMILES string of the molecule is COC(=O)C1C(OC)C(F)CN1C(=O)O. The molecule has 0 spiro atoms. The van der Waals surface area contributed by atoms with Gasteiger partial charge in [0.1, 0.15) is 12.3 Å². The van der Waals surface area contributed by atoms with E-state index >= 15 is 0 Å². The standard InChI is InChI=1S/C8H12FNO5/c1-14-6-4(9)3-10(8(12)13)5(6)7(11)15-2/h4-6H,3H2,1-2H3,(H,12,13). The Hall–Kier alpha value is -1.37. The zero-order chi connectivity index (χ0) is 11.6. The number of carbonyl (C=O) groups is 2. The molecule has 15 heavy (non-hydrogen) atoms. The van der Waals surface area contributed by atoms with Crippen LogP contribution in [0.25, 0.3) is 0 Å². The fraction of sp³-hybridized carbons (Fsp3) is 0.750. The lowest BCUT2D eigenvalue weighted by molar-refractivity contribution is -0.149. The molecule has 0 aromatic carbocycles. The molecule has 3 unspecified atom stereocenters. The molecule has 1 aliphatic rings. The van der Waals surface area contributed by atoms with Crippen LogP contribution in [0.2, 0.25) is 0 Å². The van der Waals surface area contributed by atoms with Crippen LogP contribution in [0.3, 0.4) is 0 Å². The van der Waals surface area contributed by atoms with Gasteiger partial charge in [0, 0.05) is 7.11 Å². The van der Waals surface area contributed by atoms with Gasteiger partial charge in [-0.2, -0.15) is 0 Å². The predicted molar refractivity (Wildman–Crippen MR) is 46.2 cm³/mol. The average molecular weight is 221 g/mol. The lowest BCUT2D eigenvalue weighted by atomic mass is 10.1. The fourth-order valence-corrected chi connectivity index (χ4v) is 1.64. The van der Waals surface area contributed by atoms with Crippen LogP contribution in [-0.2, 0) is 14.3 Å². The molecule has 86 valence electrons. The maximum absolute atomic E-state index is 13.3. The summed E-state index contributed by atoms with van der Waals surface area (Å²) < 4.78 is 22.5. The van der Waals surface area contributed by atoms with Gasteiger partial charge in [0.05, 0.1) is 13.7 Å². The maximum Gasteiger partial charge on any atom is 0.408 e. The fourth-order valence-electron chi connectivity index (χ4n) is 1.64. The minimum atomic E-state index is -1.52. The van der Waals surface area contributed by atoms with Crippen molar-refractivity contribution in [3.05, 3.63) is 0 Å². The van der Waals surface area contributed by atoms with Crippen LogP contribution in [-0.4, -0.2) is 61.2 Å². The number of alkyl halides is 1. The van der Waals surface area contributed by atoms with E-state index in [1.807, 2.05) is 0 Å². The Morgan fingerprint density at radius 1 is 1.47 bits per heavy atom. The Labute approximate surface area is 85.6 Å². The number of likely N-dealkylation sites (tertiary alicyclic amines) is 1. The van der Waals surface area contributed by atoms with Crippen LogP contribution < -0.4 is 0 Å². The first-order chi connectivity index (χ1) is 7.02. The minimum Gasteiger partial charge on any atom is -0.467 e. The summed E-state index contributed by atoms with van der Waals surface area (Å²) in [5, 5.41) is 8.76. The Balaban J connectivity index is 2.91. The number of halogens is 1. The average Bonchev–Trinajstić information content (AvgIpc) is 2.54. The van der Waals surface area contributed by atoms with E-state index in [1.54, 1.807) is 0 Å². The van der Waals surface area contributed by atoms with Crippen LogP contribution >= 0.6 is 0 Å². The molecule has 7 heteroatoms. The molecule has 0 saturated carbocycles. The summed E-state index contributed by atoms with van der Waals surface area (Å²) in [6.45, 7) is -0.381. The molecule has 1 N–H and O–H groups in total. The first-order valence-corrected chi connectivity index (χ1v) is 4.27. The molecule has 1 fully saturated rings. The predicted octanol–water partition coefficient (Wildman–Crippen LogP) is -0.125. The van der Waals surface area contributed by atoms with E-state index in [1.165, 1.54) is 7.11 Å². The summed E-state index contributed by atoms with van der Waals surface area (Å²) in [6, 6.07) is -1.23. The summed E-state index contributed by atoms with van der Waals surface area (Å²) in [5.41, 5.74) is 0. The van der Waals surface area contributed by atoms with Gasteiger partial charge in [0.2, 0.25) is 0 Å². The number of nitrogens with zero attached hydrogens (tertiary/aromatic N) is 1. The molecule has 0 bridgehead atoms. The molecule has 0 radical (unpaired) electrons. The zero-order valence-electron chi connectivity index (χ0n) is 8.34. The monoisotopic (exact) mass is 221 g/mol. The van der Waals surface area contributed by atoms with Gasteiger partial charge in [-0.05, 0) is 0 Å². The molecule has 1 rings (SSSR count). The van der Waals surface area contributed by atoms with Gasteiger partial charge in [-0.3, -0.25) is 4.90 Å². The van der Waals surface area contributed by atoms with E-state index in [4.69, 9.17) is 9.84 Å². The van der Waals surface area contributed by atoms with E-state index < -0.39 is 30.4 Å². The first-order valence-electron chi connectivity index (χ1n) is 4.27. The Bertz CT molecular complexity index is 272. The maximum atomic E-state index is 13.3. The van der Waals surface area contributed by atoms with Crippen LogP contribution in [0.4, 0.5) is 9.18 Å². The largest absolute Gasteiger partial charge is 0.467 e. The number of rotatable bonds is 2. The van der Waals surface area contributed by atoms with Gasteiger partial charge in [0.15, 0.2) is 6.04 Å². The highest BCUT2D eigenvalue weighted by Crippen LogP contribution is 2.24. The van der Waals surface area contributed by atoms with Gasteiger partial charge in [-0.1, -0.05) is 0 Å². The third-order valence-electron chi connectivity index (χ3n) is 2.34. The number of esters is 1. The third-order valence-corrected chi connectivity index (χ3v) is 2.34. The van der Waals surface area contributed by atoms with Crippen molar-refractivity contribution in [2.24, 2.45) is 0 Å². The van der Waals surface area contributed by atoms with E-state index in [2.05, 4.69) is 4.74 Å². The molecule has 1 aliphatic heterocycles. The van der Waals surface area contributed by atoms with E-state index in [0.717, 1.165) is 7.11 Å². The Morgan fingerprint density at radius 3 is 2.47 bits per heavy atom. The molecule has 1 saturated heterocycles. The number of methoxy groups -OCH3 is 2. The van der Waals surface area contributed by atoms with Crippen molar-refractivity contribution in [3.63, 3.8) is 0 Å². The second-order valence-electron chi connectivity index (χ2n) is 3.12. The summed E-state index contributed by atoms with van der Waals surface area (Å²) in [4.78, 5) is 22.7. The summed E-state index contributed by atoms with van der Waals surface area (Å²) in [5.74, 6) is -0.815. The number of carbonyl (C=O) groups excluding carboxylic acids is 1. The topological polar surface area (TPSA) is 76.1 Å². The Morgan fingerprint density at radius 2 is 2.07 bits per heavy atom. The van der Waals surface area contributed by atoms with Crippen molar-refractivity contribution in [1.82, 2.24) is 4.90 Å². The van der Waals surface area contributed by atoms with Crippen molar-refractivity contribution < 1.29 is 28.6 Å². The summed E-state index contributed by atoms with van der Waals surface area (Å²) in [7, 11) is 2.33. The van der Waals surface area contributed by atoms with Crippen molar-refractivity contribution >= 4 is 12.1 Å². The second kappa shape index (κ2) is 4.43. The molecule has 0 aliphatic carbocycles. The molecule has 6 nitrogen and oxygen atoms in total. The number of amides is 1. The van der Waals surface area contributed by atoms with Crippen LogP contribution in [0.1, 0.15) is 0 Å². The summed E-state index contributed by atoms with van der Waals surface area (Å²) >= 11 is 0. The third kappa shape index (κ3) is 2.01. The van der Waals surface area contributed by atoms with Crippen LogP contribution in [0.15, 0.2) is 0 Å². The Kier molecular flexibility index (Phi) is 3.46. The molecular formula is C8H12FNO5. The zero-order valence-corrected chi connectivity index (χ0v) is 8.34. The molecular weight excluding hydrogens is 209 g/mol. The van der Waals surface area contributed by atoms with Crippen LogP contribution in [0, 0.1) is 0 Å². The first kappa shape index (κ1) is 11.7. The lowest BCUT2D eigenvalue weighted by Gasteiger charge is -2.21. The van der Waals surface area contributed by atoms with E-state index in [9.17, 15) is 14.0 Å². The van der Waals surface area contributed by atoms with Gasteiger partial charge in [0.25, 0.3) is 0 Å². The molecule has 1 amide bonds. The van der Waals surface area contributed by atoms with Crippen molar-refractivity contribution in [2.75, 3.05) is 20.8 Å². The number of ether oxygens (including phenoxy) is 2. The second-order valence-corrected chi connectivity index (χ2v) is 3.12. The van der Waals surface area contributed by atoms with Crippen molar-refractivity contribution in [3.8, 4) is 0 Å². The highest BCUT2D eigenvalue weighted by Gasteiger charge is 2.49. The van der Waals surface area contributed by atoms with Crippen LogP contribution in [0.5, 0.6) is 0 Å². The lowest BCUT2D eigenvalue weighted by Crippen LogP contribution is -2.46. The highest BCUT2D eigenvalue weighted by molar-refractivity contribution is 5.82. The number of hydrogen-bond donors (Lipinski definition) is 1. The highest BCUT2D eigenvalue weighted by atomic mass is 19.1. The molecule has 0 aromatic heterocycles. The van der Waals surface area contributed by atoms with Gasteiger partial charge in [-0.15, -0.1) is 0 Å². The number of hydrogen-bond acceptors (Lipinski definition) is 4. The smallest absolute Gasteiger partial charge is 0.408 e. The van der Waals surface area contributed by atoms with E-state index in [-0.39, 0.29) is 6.54 Å². The number of carboxylic acid groups (broad SMARTS) is 1. The van der Waals surface area contributed by atoms with Crippen molar-refractivity contribution in [2.45, 2.75) is 18.3 Å². The normalized spacial score (nSPS) is 30.3. The van der Waals surface area contributed by atoms with Gasteiger partial charge in [-0.25, -0.2) is 14.0 Å². The van der Waals surface area contributed by atoms with E-state index in [0.29, 0.717) is 4.90 Å². The minimum absolute atomic E-state index is 0.381. The quantitative estimate of drug-likeness (QED) is 0.657. The van der Waals surface area contributed by atoms with Crippen molar-refractivity contribution in [1.29, 1.82) is 0 Å². The molecule has 1 heterocycles.